The number of benzene rings is 1. The second-order valence-electron chi connectivity index (χ2n) is 4.24. The Morgan fingerprint density at radius 2 is 2.05 bits per heavy atom. The molecular weight excluding hydrogens is 262 g/mol. The molecule has 92 valence electrons. The van der Waals surface area contributed by atoms with Crippen molar-refractivity contribution in [3.05, 3.63) is 41.7 Å². The summed E-state index contributed by atoms with van der Waals surface area (Å²) in [6, 6.07) is 7.48. The molecule has 0 unspecified atom stereocenters. The largest absolute Gasteiger partial charge is 0.335 e. The molecular formula is C13H8ClN5. The minimum Gasteiger partial charge on any atom is -0.335 e. The molecule has 0 fully saturated rings. The summed E-state index contributed by atoms with van der Waals surface area (Å²) in [5.74, 6) is 0.719. The van der Waals surface area contributed by atoms with Gasteiger partial charge in [-0.2, -0.15) is 5.10 Å². The van der Waals surface area contributed by atoms with E-state index in [1.54, 1.807) is 12.4 Å². The minimum absolute atomic E-state index is 0.677. The van der Waals surface area contributed by atoms with Crippen molar-refractivity contribution in [2.45, 2.75) is 0 Å². The lowest BCUT2D eigenvalue weighted by Gasteiger charge is -1.92. The molecule has 0 aliphatic heterocycles. The molecule has 1 aromatic carbocycles. The van der Waals surface area contributed by atoms with Gasteiger partial charge in [0, 0.05) is 16.6 Å². The number of halogens is 1. The summed E-state index contributed by atoms with van der Waals surface area (Å²) in [6.07, 6.45) is 3.47. The number of aromatic nitrogens is 5. The Morgan fingerprint density at radius 3 is 2.95 bits per heavy atom. The highest BCUT2D eigenvalue weighted by Crippen LogP contribution is 2.27. The van der Waals surface area contributed by atoms with Crippen LogP contribution in [0.15, 0.2) is 36.7 Å². The first-order valence-corrected chi connectivity index (χ1v) is 6.13. The molecule has 0 aliphatic rings. The van der Waals surface area contributed by atoms with Crippen molar-refractivity contribution in [2.75, 3.05) is 0 Å². The normalized spacial score (nSPS) is 11.4. The maximum atomic E-state index is 5.96. The number of hydrogen-bond donors (Lipinski definition) is 2. The zero-order valence-corrected chi connectivity index (χ0v) is 10.4. The van der Waals surface area contributed by atoms with Gasteiger partial charge in [-0.05, 0) is 24.3 Å². The van der Waals surface area contributed by atoms with Crippen molar-refractivity contribution in [1.82, 2.24) is 25.1 Å². The first kappa shape index (κ1) is 10.5. The molecule has 0 saturated heterocycles. The zero-order chi connectivity index (χ0) is 12.8. The number of imidazole rings is 1. The molecule has 3 aromatic heterocycles. The van der Waals surface area contributed by atoms with E-state index in [9.17, 15) is 0 Å². The molecule has 0 atom stereocenters. The van der Waals surface area contributed by atoms with E-state index in [1.165, 1.54) is 0 Å². The van der Waals surface area contributed by atoms with Crippen LogP contribution in [0.2, 0.25) is 5.02 Å². The van der Waals surface area contributed by atoms with Gasteiger partial charge >= 0.3 is 0 Å². The van der Waals surface area contributed by atoms with E-state index in [0.29, 0.717) is 5.02 Å². The van der Waals surface area contributed by atoms with E-state index in [4.69, 9.17) is 11.6 Å². The number of fused-ring (bicyclic) bond motifs is 2. The number of nitrogens with one attached hydrogen (secondary N) is 2. The highest BCUT2D eigenvalue weighted by molar-refractivity contribution is 6.31. The van der Waals surface area contributed by atoms with Gasteiger partial charge in [0.25, 0.3) is 0 Å². The lowest BCUT2D eigenvalue weighted by Crippen LogP contribution is -1.80. The average molecular weight is 270 g/mol. The standard InChI is InChI=1S/C13H8ClN5/c14-7-1-2-8-10(5-7)18-19-12(8)13-16-9-3-4-15-6-11(9)17-13/h1-6H,(H,16,17)(H,18,19). The van der Waals surface area contributed by atoms with Gasteiger partial charge in [-0.15, -0.1) is 0 Å². The van der Waals surface area contributed by atoms with Crippen LogP contribution in [0.4, 0.5) is 0 Å². The van der Waals surface area contributed by atoms with Crippen molar-refractivity contribution < 1.29 is 0 Å². The van der Waals surface area contributed by atoms with Gasteiger partial charge in [0.05, 0.1) is 22.7 Å². The number of rotatable bonds is 1. The second-order valence-corrected chi connectivity index (χ2v) is 4.68. The molecule has 0 spiro atoms. The third kappa shape index (κ3) is 1.59. The van der Waals surface area contributed by atoms with E-state index in [0.717, 1.165) is 33.5 Å². The third-order valence-electron chi connectivity index (χ3n) is 3.03. The van der Waals surface area contributed by atoms with Gasteiger partial charge < -0.3 is 4.98 Å². The van der Waals surface area contributed by atoms with Crippen LogP contribution in [-0.2, 0) is 0 Å². The van der Waals surface area contributed by atoms with E-state index in [1.807, 2.05) is 24.3 Å². The van der Waals surface area contributed by atoms with Crippen LogP contribution in [0.1, 0.15) is 0 Å². The fraction of sp³-hybridized carbons (Fsp3) is 0. The van der Waals surface area contributed by atoms with Gasteiger partial charge in [0.15, 0.2) is 5.82 Å². The Morgan fingerprint density at radius 1 is 1.11 bits per heavy atom. The van der Waals surface area contributed by atoms with Gasteiger partial charge in [0.2, 0.25) is 0 Å². The quantitative estimate of drug-likeness (QED) is 0.558. The summed E-state index contributed by atoms with van der Waals surface area (Å²) in [7, 11) is 0. The van der Waals surface area contributed by atoms with Crippen LogP contribution in [0, 0.1) is 0 Å². The van der Waals surface area contributed by atoms with E-state index in [-0.39, 0.29) is 0 Å². The van der Waals surface area contributed by atoms with Crippen molar-refractivity contribution >= 4 is 33.5 Å². The molecule has 4 aromatic rings. The lowest BCUT2D eigenvalue weighted by molar-refractivity contribution is 1.11. The number of H-pyrrole nitrogens is 2. The molecule has 2 N–H and O–H groups in total. The molecule has 0 amide bonds. The Labute approximate surface area is 112 Å². The van der Waals surface area contributed by atoms with Crippen LogP contribution >= 0.6 is 11.6 Å². The van der Waals surface area contributed by atoms with Gasteiger partial charge in [-0.25, -0.2) is 4.98 Å². The second kappa shape index (κ2) is 3.80. The molecule has 3 heterocycles. The van der Waals surface area contributed by atoms with E-state index < -0.39 is 0 Å². The summed E-state index contributed by atoms with van der Waals surface area (Å²) in [5, 5.41) is 8.93. The molecule has 0 saturated carbocycles. The highest BCUT2D eigenvalue weighted by atomic mass is 35.5. The van der Waals surface area contributed by atoms with E-state index in [2.05, 4.69) is 25.1 Å². The van der Waals surface area contributed by atoms with Crippen LogP contribution in [0.3, 0.4) is 0 Å². The summed E-state index contributed by atoms with van der Waals surface area (Å²) in [6.45, 7) is 0. The van der Waals surface area contributed by atoms with Gasteiger partial charge in [0.1, 0.15) is 5.69 Å². The average Bonchev–Trinajstić information content (AvgIpc) is 3.00. The minimum atomic E-state index is 0.677. The summed E-state index contributed by atoms with van der Waals surface area (Å²) >= 11 is 5.96. The first-order chi connectivity index (χ1) is 9.31. The van der Waals surface area contributed by atoms with Crippen molar-refractivity contribution in [2.24, 2.45) is 0 Å². The van der Waals surface area contributed by atoms with Crippen LogP contribution in [-0.4, -0.2) is 25.1 Å². The molecule has 0 bridgehead atoms. The van der Waals surface area contributed by atoms with Crippen molar-refractivity contribution in [1.29, 1.82) is 0 Å². The van der Waals surface area contributed by atoms with Crippen LogP contribution in [0.25, 0.3) is 33.5 Å². The molecule has 0 radical (unpaired) electrons. The van der Waals surface area contributed by atoms with Gasteiger partial charge in [-0.3, -0.25) is 10.1 Å². The zero-order valence-electron chi connectivity index (χ0n) is 9.68. The summed E-state index contributed by atoms with van der Waals surface area (Å²) < 4.78 is 0. The molecule has 19 heavy (non-hydrogen) atoms. The molecule has 5 nitrogen and oxygen atoms in total. The highest BCUT2D eigenvalue weighted by Gasteiger charge is 2.12. The maximum absolute atomic E-state index is 5.96. The maximum Gasteiger partial charge on any atom is 0.159 e. The third-order valence-corrected chi connectivity index (χ3v) is 3.27. The van der Waals surface area contributed by atoms with Crippen LogP contribution < -0.4 is 0 Å². The number of aromatic amines is 2. The molecule has 0 aliphatic carbocycles. The topological polar surface area (TPSA) is 70.2 Å². The molecule has 4 rings (SSSR count). The van der Waals surface area contributed by atoms with Crippen molar-refractivity contribution in [3.63, 3.8) is 0 Å². The van der Waals surface area contributed by atoms with Gasteiger partial charge in [-0.1, -0.05) is 11.6 Å². The summed E-state index contributed by atoms with van der Waals surface area (Å²) in [5.41, 5.74) is 3.43. The Kier molecular flexibility index (Phi) is 2.10. The fourth-order valence-corrected chi connectivity index (χ4v) is 2.31. The van der Waals surface area contributed by atoms with E-state index >= 15 is 0 Å². The van der Waals surface area contributed by atoms with Crippen molar-refractivity contribution in [3.8, 4) is 11.5 Å². The smallest absolute Gasteiger partial charge is 0.159 e. The van der Waals surface area contributed by atoms with Crippen LogP contribution in [0.5, 0.6) is 0 Å². The lowest BCUT2D eigenvalue weighted by atomic mass is 10.2. The molecule has 6 heteroatoms. The predicted octanol–water partition coefficient (Wildman–Crippen LogP) is 3.15. The Hall–Kier alpha value is -2.40. The summed E-state index contributed by atoms with van der Waals surface area (Å²) in [4.78, 5) is 11.8. The Bertz CT molecular complexity index is 859. The first-order valence-electron chi connectivity index (χ1n) is 5.75. The number of pyridine rings is 1. The fourth-order valence-electron chi connectivity index (χ4n) is 2.14. The monoisotopic (exact) mass is 269 g/mol. The SMILES string of the molecule is Clc1ccc2c(-c3nc4ccncc4[nH]3)n[nH]c2c1. The number of nitrogens with zero attached hydrogens (tertiary/aromatic N) is 3. The predicted molar refractivity (Wildman–Crippen MR) is 74.0 cm³/mol. The number of hydrogen-bond acceptors (Lipinski definition) is 3. The Balaban J connectivity index is 1.98.